The Hall–Kier alpha value is -0.0800. The number of rotatable bonds is 3. The zero-order valence-electron chi connectivity index (χ0n) is 7.96. The largest absolute Gasteiger partial charge is 0.378 e. The first-order valence-electron chi connectivity index (χ1n) is 5.15. The molecule has 0 aromatic carbocycles. The van der Waals surface area contributed by atoms with Gasteiger partial charge in [-0.3, -0.25) is 0 Å². The molecule has 0 radical (unpaired) electrons. The normalized spacial score (nSPS) is 32.2. The third kappa shape index (κ3) is 2.46. The van der Waals surface area contributed by atoms with Gasteiger partial charge in [0.15, 0.2) is 0 Å². The molecule has 2 rings (SSSR count). The van der Waals surface area contributed by atoms with Crippen molar-refractivity contribution in [3.05, 3.63) is 0 Å². The smallest absolute Gasteiger partial charge is 0.0577 e. The van der Waals surface area contributed by atoms with Crippen LogP contribution in [0.5, 0.6) is 0 Å². The van der Waals surface area contributed by atoms with Crippen molar-refractivity contribution in [3.63, 3.8) is 0 Å². The summed E-state index contributed by atoms with van der Waals surface area (Å²) >= 11 is 0. The van der Waals surface area contributed by atoms with Gasteiger partial charge in [-0.2, -0.15) is 0 Å². The molecule has 1 aliphatic heterocycles. The first kappa shape index (κ1) is 8.52. The molecule has 2 nitrogen and oxygen atoms in total. The first-order chi connectivity index (χ1) is 5.84. The lowest BCUT2D eigenvalue weighted by Gasteiger charge is -2.29. The minimum absolute atomic E-state index is 0.636. The summed E-state index contributed by atoms with van der Waals surface area (Å²) in [4.78, 5) is 2.42. The van der Waals surface area contributed by atoms with E-state index in [2.05, 4.69) is 11.9 Å². The maximum atomic E-state index is 5.71. The van der Waals surface area contributed by atoms with E-state index < -0.39 is 0 Å². The van der Waals surface area contributed by atoms with Gasteiger partial charge in [-0.1, -0.05) is 0 Å². The summed E-state index contributed by atoms with van der Waals surface area (Å²) in [5.74, 6) is 0.810. The summed E-state index contributed by atoms with van der Waals surface area (Å²) in [5, 5.41) is 0. The fourth-order valence-electron chi connectivity index (χ4n) is 1.92. The van der Waals surface area contributed by atoms with E-state index in [0.29, 0.717) is 6.10 Å². The van der Waals surface area contributed by atoms with Gasteiger partial charge in [-0.05, 0) is 45.2 Å². The van der Waals surface area contributed by atoms with E-state index in [1.165, 1.54) is 38.8 Å². The molecule has 0 bridgehead atoms. The molecule has 1 aliphatic carbocycles. The predicted molar refractivity (Wildman–Crippen MR) is 49.2 cm³/mol. The van der Waals surface area contributed by atoms with E-state index >= 15 is 0 Å². The average Bonchev–Trinajstić information content (AvgIpc) is 2.84. The number of hydrogen-bond acceptors (Lipinski definition) is 2. The van der Waals surface area contributed by atoms with Gasteiger partial charge in [-0.15, -0.1) is 0 Å². The summed E-state index contributed by atoms with van der Waals surface area (Å²) in [6.07, 6.45) is 5.98. The molecule has 2 fully saturated rings. The van der Waals surface area contributed by atoms with Crippen LogP contribution in [0.1, 0.15) is 25.7 Å². The van der Waals surface area contributed by atoms with Crippen molar-refractivity contribution in [3.8, 4) is 0 Å². The van der Waals surface area contributed by atoms with Crippen LogP contribution in [0.4, 0.5) is 0 Å². The van der Waals surface area contributed by atoms with Gasteiger partial charge in [0.1, 0.15) is 0 Å². The van der Waals surface area contributed by atoms with Gasteiger partial charge in [-0.25, -0.2) is 0 Å². The highest BCUT2D eigenvalue weighted by Gasteiger charge is 2.24. The lowest BCUT2D eigenvalue weighted by molar-refractivity contribution is 0.0573. The van der Waals surface area contributed by atoms with Gasteiger partial charge < -0.3 is 9.64 Å². The summed E-state index contributed by atoms with van der Waals surface area (Å²) in [5.41, 5.74) is 0. The third-order valence-corrected chi connectivity index (χ3v) is 2.81. The predicted octanol–water partition coefficient (Wildman–Crippen LogP) is 1.51. The Labute approximate surface area is 74.9 Å². The lowest BCUT2D eigenvalue weighted by Crippen LogP contribution is -2.34. The van der Waals surface area contributed by atoms with Crippen LogP contribution in [-0.4, -0.2) is 37.7 Å². The Morgan fingerprint density at radius 1 is 1.33 bits per heavy atom. The summed E-state index contributed by atoms with van der Waals surface area (Å²) in [6, 6.07) is 0. The Morgan fingerprint density at radius 2 is 2.17 bits per heavy atom. The molecular weight excluding hydrogens is 150 g/mol. The van der Waals surface area contributed by atoms with Crippen LogP contribution in [0, 0.1) is 5.92 Å². The molecule has 2 aliphatic rings. The molecule has 12 heavy (non-hydrogen) atoms. The standard InChI is InChI=1S/C10H19NO/c1-11-6-2-3-9(7-11)8-12-10-4-5-10/h9-10H,2-8H2,1H3. The van der Waals surface area contributed by atoms with Crippen molar-refractivity contribution in [2.75, 3.05) is 26.7 Å². The maximum absolute atomic E-state index is 5.71. The summed E-state index contributed by atoms with van der Waals surface area (Å²) in [7, 11) is 2.21. The van der Waals surface area contributed by atoms with Crippen LogP contribution in [0.3, 0.4) is 0 Å². The molecule has 0 aromatic rings. The first-order valence-corrected chi connectivity index (χ1v) is 5.15. The fraction of sp³-hybridized carbons (Fsp3) is 1.00. The molecule has 0 amide bonds. The lowest BCUT2D eigenvalue weighted by atomic mass is 10.00. The highest BCUT2D eigenvalue weighted by Crippen LogP contribution is 2.25. The SMILES string of the molecule is CN1CCCC(COC2CC2)C1. The van der Waals surface area contributed by atoms with E-state index in [4.69, 9.17) is 4.74 Å². The number of likely N-dealkylation sites (tertiary alicyclic amines) is 1. The van der Waals surface area contributed by atoms with Gasteiger partial charge in [0, 0.05) is 6.54 Å². The zero-order chi connectivity index (χ0) is 8.39. The van der Waals surface area contributed by atoms with Crippen LogP contribution in [0.15, 0.2) is 0 Å². The van der Waals surface area contributed by atoms with Gasteiger partial charge in [0.25, 0.3) is 0 Å². The van der Waals surface area contributed by atoms with Crippen molar-refractivity contribution in [2.24, 2.45) is 5.92 Å². The monoisotopic (exact) mass is 169 g/mol. The van der Waals surface area contributed by atoms with Gasteiger partial charge in [0.2, 0.25) is 0 Å². The Morgan fingerprint density at radius 3 is 2.83 bits per heavy atom. The molecule has 0 spiro atoms. The van der Waals surface area contributed by atoms with Gasteiger partial charge in [0.05, 0.1) is 12.7 Å². The summed E-state index contributed by atoms with van der Waals surface area (Å²) < 4.78 is 5.71. The highest BCUT2D eigenvalue weighted by atomic mass is 16.5. The molecule has 0 N–H and O–H groups in total. The van der Waals surface area contributed by atoms with Crippen molar-refractivity contribution in [1.29, 1.82) is 0 Å². The molecule has 2 heteroatoms. The molecule has 1 heterocycles. The van der Waals surface area contributed by atoms with E-state index in [1.54, 1.807) is 0 Å². The molecular formula is C10H19NO. The molecule has 0 aromatic heterocycles. The van der Waals surface area contributed by atoms with Crippen molar-refractivity contribution in [1.82, 2.24) is 4.90 Å². The molecule has 1 atom stereocenters. The molecule has 1 saturated carbocycles. The second-order valence-corrected chi connectivity index (χ2v) is 4.30. The molecule has 1 saturated heterocycles. The van der Waals surface area contributed by atoms with E-state index in [0.717, 1.165) is 12.5 Å². The fourth-order valence-corrected chi connectivity index (χ4v) is 1.92. The highest BCUT2D eigenvalue weighted by molar-refractivity contribution is 4.76. The number of hydrogen-bond donors (Lipinski definition) is 0. The van der Waals surface area contributed by atoms with Crippen molar-refractivity contribution in [2.45, 2.75) is 31.8 Å². The third-order valence-electron chi connectivity index (χ3n) is 2.81. The minimum atomic E-state index is 0.636. The van der Waals surface area contributed by atoms with Gasteiger partial charge >= 0.3 is 0 Å². The minimum Gasteiger partial charge on any atom is -0.378 e. The number of ether oxygens (including phenoxy) is 1. The Bertz CT molecular complexity index is 145. The Kier molecular flexibility index (Phi) is 2.66. The molecule has 1 unspecified atom stereocenters. The van der Waals surface area contributed by atoms with E-state index in [-0.39, 0.29) is 0 Å². The van der Waals surface area contributed by atoms with Crippen LogP contribution < -0.4 is 0 Å². The Balaban J connectivity index is 1.64. The van der Waals surface area contributed by atoms with Crippen LogP contribution in [-0.2, 0) is 4.74 Å². The second kappa shape index (κ2) is 3.75. The summed E-state index contributed by atoms with van der Waals surface area (Å²) in [6.45, 7) is 3.53. The zero-order valence-corrected chi connectivity index (χ0v) is 7.96. The molecule has 70 valence electrons. The number of nitrogens with zero attached hydrogens (tertiary/aromatic N) is 1. The second-order valence-electron chi connectivity index (χ2n) is 4.30. The van der Waals surface area contributed by atoms with E-state index in [1.807, 2.05) is 0 Å². The quantitative estimate of drug-likeness (QED) is 0.635. The van der Waals surface area contributed by atoms with E-state index in [9.17, 15) is 0 Å². The van der Waals surface area contributed by atoms with Crippen molar-refractivity contribution >= 4 is 0 Å². The maximum Gasteiger partial charge on any atom is 0.0577 e. The van der Waals surface area contributed by atoms with Crippen LogP contribution >= 0.6 is 0 Å². The van der Waals surface area contributed by atoms with Crippen LogP contribution in [0.2, 0.25) is 0 Å². The number of piperidine rings is 1. The van der Waals surface area contributed by atoms with Crippen LogP contribution in [0.25, 0.3) is 0 Å². The topological polar surface area (TPSA) is 12.5 Å². The average molecular weight is 169 g/mol. The van der Waals surface area contributed by atoms with Crippen molar-refractivity contribution < 1.29 is 4.74 Å².